The van der Waals surface area contributed by atoms with E-state index < -0.39 is 5.92 Å². The molecule has 0 aromatic carbocycles. The average molecular weight is 342 g/mol. The first-order valence-electron chi connectivity index (χ1n) is 8.87. The molecule has 0 aliphatic carbocycles. The Balaban J connectivity index is 1.92. The number of hydrogen-bond donors (Lipinski definition) is 1. The van der Waals surface area contributed by atoms with Crippen molar-refractivity contribution in [3.8, 4) is 6.07 Å². The molecule has 1 saturated heterocycles. The molecule has 1 aliphatic heterocycles. The SMILES string of the molecule is CC(C)CNC(=O)N1CCC[C@@H](CC(=O)[C@@H](C#N)c2ccccn2)C1. The molecule has 1 fully saturated rings. The van der Waals surface area contributed by atoms with Crippen LogP contribution in [0.5, 0.6) is 0 Å². The third kappa shape index (κ3) is 5.56. The lowest BCUT2D eigenvalue weighted by atomic mass is 9.88. The first-order chi connectivity index (χ1) is 12.0. The van der Waals surface area contributed by atoms with Crippen molar-refractivity contribution in [3.05, 3.63) is 30.1 Å². The van der Waals surface area contributed by atoms with E-state index in [4.69, 9.17) is 0 Å². The van der Waals surface area contributed by atoms with Gasteiger partial charge in [0.25, 0.3) is 0 Å². The number of carbonyl (C=O) groups excluding carboxylic acids is 2. The average Bonchev–Trinajstić information content (AvgIpc) is 2.61. The standard InChI is InChI=1S/C19H26N4O2/c1-14(2)12-22-19(25)23-9-5-6-15(13-23)10-18(24)16(11-20)17-7-3-4-8-21-17/h3-4,7-8,14-16H,5-6,9-10,12-13H2,1-2H3,(H,22,25)/t15-,16-/m0/s1. The summed E-state index contributed by atoms with van der Waals surface area (Å²) in [6, 6.07) is 7.25. The smallest absolute Gasteiger partial charge is 0.317 e. The molecule has 1 aromatic rings. The number of likely N-dealkylation sites (tertiary alicyclic amines) is 1. The predicted molar refractivity (Wildman–Crippen MR) is 94.7 cm³/mol. The van der Waals surface area contributed by atoms with Gasteiger partial charge < -0.3 is 10.2 Å². The molecule has 1 aromatic heterocycles. The number of nitrogens with zero attached hydrogens (tertiary/aromatic N) is 3. The topological polar surface area (TPSA) is 86.1 Å². The number of urea groups is 1. The van der Waals surface area contributed by atoms with Crippen molar-refractivity contribution in [3.63, 3.8) is 0 Å². The van der Waals surface area contributed by atoms with E-state index >= 15 is 0 Å². The molecule has 6 nitrogen and oxygen atoms in total. The number of nitrogens with one attached hydrogen (secondary N) is 1. The van der Waals surface area contributed by atoms with E-state index in [2.05, 4.69) is 30.2 Å². The number of ketones is 1. The van der Waals surface area contributed by atoms with E-state index in [0.29, 0.717) is 31.1 Å². The van der Waals surface area contributed by atoms with Gasteiger partial charge in [0.1, 0.15) is 5.92 Å². The van der Waals surface area contributed by atoms with Crippen LogP contribution in [0.1, 0.15) is 44.7 Å². The van der Waals surface area contributed by atoms with Gasteiger partial charge in [-0.1, -0.05) is 19.9 Å². The Morgan fingerprint density at radius 2 is 2.24 bits per heavy atom. The van der Waals surface area contributed by atoms with Crippen LogP contribution < -0.4 is 5.32 Å². The molecule has 0 saturated carbocycles. The van der Waals surface area contributed by atoms with Crippen molar-refractivity contribution >= 4 is 11.8 Å². The van der Waals surface area contributed by atoms with E-state index in [-0.39, 0.29) is 17.7 Å². The van der Waals surface area contributed by atoms with Crippen molar-refractivity contribution in [2.24, 2.45) is 11.8 Å². The molecule has 0 bridgehead atoms. The normalized spacial score (nSPS) is 18.5. The molecule has 2 rings (SSSR count). The monoisotopic (exact) mass is 342 g/mol. The number of Topliss-reactive ketones (excluding diaryl/α,β-unsaturated/α-hetero) is 1. The summed E-state index contributed by atoms with van der Waals surface area (Å²) in [7, 11) is 0. The fourth-order valence-corrected chi connectivity index (χ4v) is 3.07. The lowest BCUT2D eigenvalue weighted by molar-refractivity contribution is -0.120. The van der Waals surface area contributed by atoms with Crippen molar-refractivity contribution in [2.45, 2.75) is 39.0 Å². The number of aromatic nitrogens is 1. The maximum atomic E-state index is 12.6. The predicted octanol–water partition coefficient (Wildman–Crippen LogP) is 2.73. The zero-order valence-electron chi connectivity index (χ0n) is 14.9. The Labute approximate surface area is 149 Å². The second-order valence-electron chi connectivity index (χ2n) is 7.02. The van der Waals surface area contributed by atoms with E-state index in [9.17, 15) is 14.9 Å². The van der Waals surface area contributed by atoms with Crippen LogP contribution in [0.15, 0.2) is 24.4 Å². The molecule has 134 valence electrons. The zero-order chi connectivity index (χ0) is 18.2. The number of pyridine rings is 1. The number of hydrogen-bond acceptors (Lipinski definition) is 4. The first kappa shape index (κ1) is 18.9. The molecule has 6 heteroatoms. The highest BCUT2D eigenvalue weighted by atomic mass is 16.2. The van der Waals surface area contributed by atoms with E-state index in [1.165, 1.54) is 0 Å². The van der Waals surface area contributed by atoms with Gasteiger partial charge in [-0.2, -0.15) is 5.26 Å². The van der Waals surface area contributed by atoms with Gasteiger partial charge in [-0.25, -0.2) is 4.79 Å². The van der Waals surface area contributed by atoms with Gasteiger partial charge in [0.15, 0.2) is 5.78 Å². The maximum absolute atomic E-state index is 12.6. The largest absolute Gasteiger partial charge is 0.338 e. The summed E-state index contributed by atoms with van der Waals surface area (Å²) >= 11 is 0. The van der Waals surface area contributed by atoms with Crippen LogP contribution in [0.25, 0.3) is 0 Å². The Kier molecular flexibility index (Phi) is 6.93. The highest BCUT2D eigenvalue weighted by molar-refractivity contribution is 5.88. The van der Waals surface area contributed by atoms with Crippen molar-refractivity contribution < 1.29 is 9.59 Å². The van der Waals surface area contributed by atoms with E-state index in [1.807, 2.05) is 0 Å². The highest BCUT2D eigenvalue weighted by Gasteiger charge is 2.29. The molecule has 0 radical (unpaired) electrons. The van der Waals surface area contributed by atoms with Crippen LogP contribution >= 0.6 is 0 Å². The molecular weight excluding hydrogens is 316 g/mol. The van der Waals surface area contributed by atoms with Gasteiger partial charge in [0.2, 0.25) is 0 Å². The number of piperidine rings is 1. The number of carbonyl (C=O) groups is 2. The Bertz CT molecular complexity index is 624. The van der Waals surface area contributed by atoms with Crippen molar-refractivity contribution in [2.75, 3.05) is 19.6 Å². The Hall–Kier alpha value is -2.42. The summed E-state index contributed by atoms with van der Waals surface area (Å²) < 4.78 is 0. The van der Waals surface area contributed by atoms with E-state index in [1.54, 1.807) is 29.3 Å². The Morgan fingerprint density at radius 1 is 1.44 bits per heavy atom. The molecule has 2 atom stereocenters. The molecule has 1 aliphatic rings. The van der Waals surface area contributed by atoms with Crippen LogP contribution in [-0.2, 0) is 4.79 Å². The zero-order valence-corrected chi connectivity index (χ0v) is 14.9. The minimum absolute atomic E-state index is 0.0626. The summed E-state index contributed by atoms with van der Waals surface area (Å²) in [5.41, 5.74) is 0.498. The quantitative estimate of drug-likeness (QED) is 0.861. The summed E-state index contributed by atoms with van der Waals surface area (Å²) in [6.07, 6.45) is 3.69. The molecule has 0 unspecified atom stereocenters. The van der Waals surface area contributed by atoms with Gasteiger partial charge in [0, 0.05) is 32.3 Å². The van der Waals surface area contributed by atoms with Gasteiger partial charge in [0.05, 0.1) is 11.8 Å². The third-order valence-corrected chi connectivity index (χ3v) is 4.39. The molecular formula is C19H26N4O2. The second kappa shape index (κ2) is 9.16. The third-order valence-electron chi connectivity index (χ3n) is 4.39. The van der Waals surface area contributed by atoms with Crippen LogP contribution in [0.3, 0.4) is 0 Å². The molecule has 0 spiro atoms. The highest BCUT2D eigenvalue weighted by Crippen LogP contribution is 2.24. The Morgan fingerprint density at radius 3 is 2.88 bits per heavy atom. The number of amides is 2. The van der Waals surface area contributed by atoms with Gasteiger partial charge >= 0.3 is 6.03 Å². The molecule has 2 amide bonds. The van der Waals surface area contributed by atoms with Crippen LogP contribution in [0.4, 0.5) is 4.79 Å². The van der Waals surface area contributed by atoms with Crippen LogP contribution in [0, 0.1) is 23.2 Å². The summed E-state index contributed by atoms with van der Waals surface area (Å²) in [4.78, 5) is 30.7. The van der Waals surface area contributed by atoms with Gasteiger partial charge in [-0.15, -0.1) is 0 Å². The van der Waals surface area contributed by atoms with Crippen LogP contribution in [0.2, 0.25) is 0 Å². The number of nitriles is 1. The molecule has 25 heavy (non-hydrogen) atoms. The maximum Gasteiger partial charge on any atom is 0.317 e. The lowest BCUT2D eigenvalue weighted by Gasteiger charge is -2.33. The minimum atomic E-state index is -0.827. The fourth-order valence-electron chi connectivity index (χ4n) is 3.07. The lowest BCUT2D eigenvalue weighted by Crippen LogP contribution is -2.46. The van der Waals surface area contributed by atoms with Crippen molar-refractivity contribution in [1.82, 2.24) is 15.2 Å². The minimum Gasteiger partial charge on any atom is -0.338 e. The summed E-state index contributed by atoms with van der Waals surface area (Å²) in [5.74, 6) is -0.437. The van der Waals surface area contributed by atoms with E-state index in [0.717, 1.165) is 19.4 Å². The summed E-state index contributed by atoms with van der Waals surface area (Å²) in [6.45, 7) is 6.04. The number of rotatable bonds is 6. The first-order valence-corrected chi connectivity index (χ1v) is 8.87. The summed E-state index contributed by atoms with van der Waals surface area (Å²) in [5, 5.41) is 12.3. The second-order valence-corrected chi connectivity index (χ2v) is 7.02. The van der Waals surface area contributed by atoms with Gasteiger partial charge in [-0.05, 0) is 36.8 Å². The van der Waals surface area contributed by atoms with Gasteiger partial charge in [-0.3, -0.25) is 9.78 Å². The van der Waals surface area contributed by atoms with Crippen molar-refractivity contribution in [1.29, 1.82) is 5.26 Å². The van der Waals surface area contributed by atoms with Crippen LogP contribution in [-0.4, -0.2) is 41.3 Å². The fraction of sp³-hybridized carbons (Fsp3) is 0.579. The molecule has 2 heterocycles. The molecule has 1 N–H and O–H groups in total.